The van der Waals surface area contributed by atoms with E-state index >= 15 is 0 Å². The van der Waals surface area contributed by atoms with Crippen molar-refractivity contribution in [3.63, 3.8) is 0 Å². The molecule has 232 valence electrons. The van der Waals surface area contributed by atoms with Crippen LogP contribution in [0.15, 0.2) is 180 Å². The Morgan fingerprint density at radius 2 is 0.800 bits per heavy atom. The lowest BCUT2D eigenvalue weighted by atomic mass is 9.92. The number of para-hydroxylation sites is 2. The Morgan fingerprint density at radius 1 is 0.280 bits per heavy atom. The first kappa shape index (κ1) is 27.3. The Balaban J connectivity index is 1.29. The molecule has 0 unspecified atom stereocenters. The predicted octanol–water partition coefficient (Wildman–Crippen LogP) is 13.5. The minimum absolute atomic E-state index is 0.916. The van der Waals surface area contributed by atoms with Crippen LogP contribution in [-0.4, -0.2) is 4.57 Å². The molecule has 0 bridgehead atoms. The van der Waals surface area contributed by atoms with Gasteiger partial charge in [-0.15, -0.1) is 0 Å². The second-order valence-electron chi connectivity index (χ2n) is 13.3. The summed E-state index contributed by atoms with van der Waals surface area (Å²) in [6.07, 6.45) is 0. The molecule has 0 aliphatic carbocycles. The molecule has 11 aromatic rings. The number of fused-ring (bicyclic) bond motifs is 12. The average Bonchev–Trinajstić information content (AvgIpc) is 3.72. The summed E-state index contributed by atoms with van der Waals surface area (Å²) in [5, 5.41) is 12.2. The molecule has 50 heavy (non-hydrogen) atoms. The third kappa shape index (κ3) is 3.96. The molecule has 0 atom stereocenters. The highest BCUT2D eigenvalue weighted by Crippen LogP contribution is 2.44. The first-order chi connectivity index (χ1) is 24.8. The Labute approximate surface area is 288 Å². The minimum Gasteiger partial charge on any atom is -0.456 e. The molecule has 0 aliphatic rings. The minimum atomic E-state index is 0.916. The molecular formula is C48H29NO. The summed E-state index contributed by atoms with van der Waals surface area (Å²) in [6, 6.07) is 63.9. The first-order valence-electron chi connectivity index (χ1n) is 17.2. The lowest BCUT2D eigenvalue weighted by molar-refractivity contribution is 0.669. The van der Waals surface area contributed by atoms with Crippen molar-refractivity contribution in [3.8, 4) is 27.9 Å². The Bertz CT molecular complexity index is 3070. The molecule has 0 spiro atoms. The maximum atomic E-state index is 6.46. The zero-order chi connectivity index (χ0) is 32.8. The van der Waals surface area contributed by atoms with Gasteiger partial charge in [0.1, 0.15) is 11.2 Å². The third-order valence-electron chi connectivity index (χ3n) is 10.5. The van der Waals surface area contributed by atoms with E-state index in [4.69, 9.17) is 4.42 Å². The van der Waals surface area contributed by atoms with Crippen molar-refractivity contribution in [2.24, 2.45) is 0 Å². The average molecular weight is 636 g/mol. The van der Waals surface area contributed by atoms with Gasteiger partial charge in [-0.1, -0.05) is 121 Å². The monoisotopic (exact) mass is 635 g/mol. The van der Waals surface area contributed by atoms with E-state index in [2.05, 4.69) is 174 Å². The van der Waals surface area contributed by atoms with Gasteiger partial charge < -0.3 is 8.98 Å². The van der Waals surface area contributed by atoms with Crippen LogP contribution in [0.1, 0.15) is 0 Å². The molecule has 0 aliphatic heterocycles. The van der Waals surface area contributed by atoms with Crippen LogP contribution in [0.3, 0.4) is 0 Å². The van der Waals surface area contributed by atoms with Crippen molar-refractivity contribution in [3.05, 3.63) is 176 Å². The van der Waals surface area contributed by atoms with Crippen molar-refractivity contribution in [2.75, 3.05) is 0 Å². The highest BCUT2D eigenvalue weighted by atomic mass is 16.3. The molecule has 0 radical (unpaired) electrons. The highest BCUT2D eigenvalue weighted by molar-refractivity contribution is 6.31. The summed E-state index contributed by atoms with van der Waals surface area (Å²) in [4.78, 5) is 0. The van der Waals surface area contributed by atoms with Gasteiger partial charge in [0, 0.05) is 27.2 Å². The summed E-state index contributed by atoms with van der Waals surface area (Å²) in [7, 11) is 0. The molecule has 2 heteroatoms. The van der Waals surface area contributed by atoms with E-state index in [9.17, 15) is 0 Å². The molecule has 11 rings (SSSR count). The van der Waals surface area contributed by atoms with E-state index in [1.807, 2.05) is 6.07 Å². The summed E-state index contributed by atoms with van der Waals surface area (Å²) in [5.74, 6) is 0. The quantitative estimate of drug-likeness (QED) is 0.177. The normalized spacial score (nSPS) is 12.0. The number of furan rings is 1. The van der Waals surface area contributed by atoms with Gasteiger partial charge in [-0.25, -0.2) is 0 Å². The fourth-order valence-corrected chi connectivity index (χ4v) is 8.24. The lowest BCUT2D eigenvalue weighted by Gasteiger charge is -2.15. The first-order valence-corrected chi connectivity index (χ1v) is 17.2. The van der Waals surface area contributed by atoms with Gasteiger partial charge in [0.05, 0.1) is 11.0 Å². The van der Waals surface area contributed by atoms with Crippen LogP contribution in [-0.2, 0) is 0 Å². The van der Waals surface area contributed by atoms with E-state index in [-0.39, 0.29) is 0 Å². The predicted molar refractivity (Wildman–Crippen MR) is 211 cm³/mol. The van der Waals surface area contributed by atoms with Gasteiger partial charge in [-0.2, -0.15) is 0 Å². The van der Waals surface area contributed by atoms with E-state index in [1.54, 1.807) is 0 Å². The lowest BCUT2D eigenvalue weighted by Crippen LogP contribution is -1.96. The van der Waals surface area contributed by atoms with Crippen LogP contribution in [0.25, 0.3) is 104 Å². The number of aromatic nitrogens is 1. The van der Waals surface area contributed by atoms with Crippen LogP contribution in [0.4, 0.5) is 0 Å². The van der Waals surface area contributed by atoms with Crippen molar-refractivity contribution in [1.82, 2.24) is 4.57 Å². The van der Waals surface area contributed by atoms with Crippen molar-refractivity contribution < 1.29 is 4.42 Å². The summed E-state index contributed by atoms with van der Waals surface area (Å²) < 4.78 is 8.92. The molecule has 0 fully saturated rings. The van der Waals surface area contributed by atoms with Gasteiger partial charge in [0.2, 0.25) is 0 Å². The number of hydrogen-bond donors (Lipinski definition) is 0. The number of nitrogens with zero attached hydrogens (tertiary/aromatic N) is 1. The largest absolute Gasteiger partial charge is 0.456 e. The molecule has 9 aromatic carbocycles. The van der Waals surface area contributed by atoms with Crippen LogP contribution >= 0.6 is 0 Å². The molecular weight excluding hydrogens is 607 g/mol. The standard InChI is InChI=1S/C48H29NO/c1-3-13-30(14-4-1)32-23-33(31-15-5-2-6-16-31)25-34(24-32)49-45-21-11-9-19-37(45)43-26-39-35-17-7-8-18-36(35)40-27-44-38-20-10-12-22-47(38)50-48(44)29-42(40)41(39)28-46(43)49/h1-29H. The zero-order valence-corrected chi connectivity index (χ0v) is 27.1. The SMILES string of the molecule is c1ccc(-c2cc(-c3ccccc3)cc(-n3c4ccccc4c4cc5c6ccccc6c6cc7c(cc6c5cc43)oc3ccccc37)c2)cc1. The van der Waals surface area contributed by atoms with Gasteiger partial charge in [0.25, 0.3) is 0 Å². The van der Waals surface area contributed by atoms with E-state index in [0.29, 0.717) is 0 Å². The van der Waals surface area contributed by atoms with Crippen LogP contribution < -0.4 is 0 Å². The van der Waals surface area contributed by atoms with Gasteiger partial charge in [-0.3, -0.25) is 0 Å². The second kappa shape index (κ2) is 10.4. The molecule has 0 saturated heterocycles. The number of rotatable bonds is 3. The van der Waals surface area contributed by atoms with Gasteiger partial charge in [-0.05, 0) is 109 Å². The molecule has 2 heterocycles. The van der Waals surface area contributed by atoms with E-state index < -0.39 is 0 Å². The number of benzene rings is 9. The Morgan fingerprint density at radius 3 is 1.48 bits per heavy atom. The number of hydrogen-bond acceptors (Lipinski definition) is 1. The maximum absolute atomic E-state index is 6.46. The fraction of sp³-hybridized carbons (Fsp3) is 0. The summed E-state index contributed by atoms with van der Waals surface area (Å²) in [5.41, 5.74) is 10.1. The van der Waals surface area contributed by atoms with Crippen LogP contribution in [0.5, 0.6) is 0 Å². The second-order valence-corrected chi connectivity index (χ2v) is 13.3. The Kier molecular flexibility index (Phi) is 5.70. The van der Waals surface area contributed by atoms with Gasteiger partial charge >= 0.3 is 0 Å². The molecule has 0 amide bonds. The van der Waals surface area contributed by atoms with Crippen molar-refractivity contribution in [1.29, 1.82) is 0 Å². The van der Waals surface area contributed by atoms with Crippen molar-refractivity contribution in [2.45, 2.75) is 0 Å². The smallest absolute Gasteiger partial charge is 0.136 e. The maximum Gasteiger partial charge on any atom is 0.136 e. The fourth-order valence-electron chi connectivity index (χ4n) is 8.24. The topological polar surface area (TPSA) is 18.1 Å². The summed E-state index contributed by atoms with van der Waals surface area (Å²) >= 11 is 0. The highest BCUT2D eigenvalue weighted by Gasteiger charge is 2.19. The third-order valence-corrected chi connectivity index (χ3v) is 10.5. The summed E-state index contributed by atoms with van der Waals surface area (Å²) in [6.45, 7) is 0. The van der Waals surface area contributed by atoms with Crippen LogP contribution in [0, 0.1) is 0 Å². The molecule has 2 aromatic heterocycles. The van der Waals surface area contributed by atoms with Crippen LogP contribution in [0.2, 0.25) is 0 Å². The molecule has 0 N–H and O–H groups in total. The van der Waals surface area contributed by atoms with Crippen molar-refractivity contribution >= 4 is 76.1 Å². The van der Waals surface area contributed by atoms with E-state index in [1.165, 1.54) is 76.4 Å². The zero-order valence-electron chi connectivity index (χ0n) is 27.1. The van der Waals surface area contributed by atoms with E-state index in [0.717, 1.165) is 27.6 Å². The molecule has 2 nitrogen and oxygen atoms in total. The molecule has 0 saturated carbocycles. The Hall–Kier alpha value is -6.64. The van der Waals surface area contributed by atoms with Gasteiger partial charge in [0.15, 0.2) is 0 Å².